The zero-order chi connectivity index (χ0) is 12.7. The Kier molecular flexibility index (Phi) is 3.33. The molecule has 3 heteroatoms. The van der Waals surface area contributed by atoms with Gasteiger partial charge in [0.1, 0.15) is 5.82 Å². The quantitative estimate of drug-likeness (QED) is 0.736. The van der Waals surface area contributed by atoms with Crippen LogP contribution in [0, 0.1) is 12.7 Å². The van der Waals surface area contributed by atoms with Crippen LogP contribution in [-0.2, 0) is 6.54 Å². The molecule has 3 rings (SSSR count). The lowest BCUT2D eigenvalue weighted by atomic mass is 10.00. The van der Waals surface area contributed by atoms with Crippen molar-refractivity contribution in [2.75, 3.05) is 0 Å². The molecule has 2 fully saturated rings. The number of benzene rings is 1. The molecule has 0 radical (unpaired) electrons. The second kappa shape index (κ2) is 4.82. The van der Waals surface area contributed by atoms with Gasteiger partial charge in [-0.05, 0) is 55.9 Å². The van der Waals surface area contributed by atoms with Gasteiger partial charge >= 0.3 is 0 Å². The van der Waals surface area contributed by atoms with E-state index in [-0.39, 0.29) is 5.82 Å². The number of fused-ring (bicyclic) bond motifs is 2. The molecule has 1 aromatic carbocycles. The van der Waals surface area contributed by atoms with Gasteiger partial charge in [-0.25, -0.2) is 4.39 Å². The molecule has 0 aliphatic carbocycles. The fraction of sp³-hybridized carbons (Fsp3) is 0.600. The zero-order valence-electron chi connectivity index (χ0n) is 10.7. The smallest absolute Gasteiger partial charge is 0.123 e. The third-order valence-electron chi connectivity index (χ3n) is 4.48. The highest BCUT2D eigenvalue weighted by molar-refractivity contribution is 6.20. The lowest BCUT2D eigenvalue weighted by molar-refractivity contribution is 0.134. The van der Waals surface area contributed by atoms with Crippen LogP contribution in [0.3, 0.4) is 0 Å². The molecule has 0 saturated carbocycles. The Morgan fingerprint density at radius 3 is 2.56 bits per heavy atom. The lowest BCUT2D eigenvalue weighted by Crippen LogP contribution is -2.42. The number of aryl methyl sites for hydroxylation is 1. The van der Waals surface area contributed by atoms with E-state index in [1.54, 1.807) is 12.1 Å². The van der Waals surface area contributed by atoms with Gasteiger partial charge in [-0.15, -0.1) is 11.6 Å². The molecule has 2 bridgehead atoms. The predicted octanol–water partition coefficient (Wildman–Crippen LogP) is 3.87. The second-order valence-corrected chi connectivity index (χ2v) is 6.31. The maximum Gasteiger partial charge on any atom is 0.123 e. The van der Waals surface area contributed by atoms with E-state index in [1.807, 2.05) is 13.0 Å². The van der Waals surface area contributed by atoms with Crippen molar-refractivity contribution in [1.29, 1.82) is 0 Å². The summed E-state index contributed by atoms with van der Waals surface area (Å²) in [6, 6.07) is 6.40. The molecule has 0 aromatic heterocycles. The first kappa shape index (κ1) is 12.4. The maximum atomic E-state index is 13.1. The van der Waals surface area contributed by atoms with E-state index >= 15 is 0 Å². The molecule has 2 heterocycles. The summed E-state index contributed by atoms with van der Waals surface area (Å²) in [5.41, 5.74) is 2.31. The zero-order valence-corrected chi connectivity index (χ0v) is 11.5. The molecule has 1 nitrogen and oxygen atoms in total. The minimum atomic E-state index is -0.140. The van der Waals surface area contributed by atoms with Crippen LogP contribution >= 0.6 is 11.6 Å². The summed E-state index contributed by atoms with van der Waals surface area (Å²) in [6.07, 6.45) is 4.76. The fourth-order valence-electron chi connectivity index (χ4n) is 3.50. The lowest BCUT2D eigenvalue weighted by Gasteiger charge is -2.37. The predicted molar refractivity (Wildman–Crippen MR) is 72.4 cm³/mol. The number of halogens is 2. The topological polar surface area (TPSA) is 3.24 Å². The standard InChI is InChI=1S/C15H19ClFN/c1-10-6-13(17)3-2-11(10)9-18-14-4-5-15(18)8-12(16)7-14/h2-3,6,12,14-15H,4-5,7-9H2,1H3. The third-order valence-corrected chi connectivity index (χ3v) is 4.84. The number of rotatable bonds is 2. The van der Waals surface area contributed by atoms with Gasteiger partial charge in [0.05, 0.1) is 0 Å². The normalized spacial score (nSPS) is 31.8. The van der Waals surface area contributed by atoms with Crippen LogP contribution in [0.5, 0.6) is 0 Å². The van der Waals surface area contributed by atoms with Crippen LogP contribution < -0.4 is 0 Å². The Hall–Kier alpha value is -0.600. The van der Waals surface area contributed by atoms with Crippen molar-refractivity contribution in [2.45, 2.75) is 56.6 Å². The Labute approximate surface area is 113 Å². The van der Waals surface area contributed by atoms with Crippen molar-refractivity contribution in [3.05, 3.63) is 35.1 Å². The van der Waals surface area contributed by atoms with E-state index < -0.39 is 0 Å². The van der Waals surface area contributed by atoms with Crippen molar-refractivity contribution in [2.24, 2.45) is 0 Å². The summed E-state index contributed by atoms with van der Waals surface area (Å²) in [5.74, 6) is -0.140. The minimum absolute atomic E-state index is 0.140. The highest BCUT2D eigenvalue weighted by atomic mass is 35.5. The van der Waals surface area contributed by atoms with Crippen LogP contribution in [-0.4, -0.2) is 22.4 Å². The summed E-state index contributed by atoms with van der Waals surface area (Å²) in [4.78, 5) is 2.58. The second-order valence-electron chi connectivity index (χ2n) is 5.70. The maximum absolute atomic E-state index is 13.1. The van der Waals surface area contributed by atoms with E-state index in [0.717, 1.165) is 24.9 Å². The third kappa shape index (κ3) is 2.28. The molecular weight excluding hydrogens is 249 g/mol. The molecule has 1 aromatic rings. The Bertz CT molecular complexity index is 434. The van der Waals surface area contributed by atoms with E-state index in [2.05, 4.69) is 4.90 Å². The Morgan fingerprint density at radius 1 is 1.28 bits per heavy atom. The summed E-state index contributed by atoms with van der Waals surface area (Å²) in [5, 5.41) is 0.355. The molecule has 0 N–H and O–H groups in total. The van der Waals surface area contributed by atoms with Crippen molar-refractivity contribution in [3.63, 3.8) is 0 Å². The molecule has 98 valence electrons. The summed E-state index contributed by atoms with van der Waals surface area (Å²) < 4.78 is 13.1. The van der Waals surface area contributed by atoms with E-state index in [9.17, 15) is 4.39 Å². The minimum Gasteiger partial charge on any atom is -0.293 e. The number of hydrogen-bond acceptors (Lipinski definition) is 1. The van der Waals surface area contributed by atoms with Crippen LogP contribution in [0.2, 0.25) is 0 Å². The van der Waals surface area contributed by atoms with Gasteiger partial charge in [-0.3, -0.25) is 4.90 Å². The molecule has 2 aliphatic heterocycles. The van der Waals surface area contributed by atoms with Crippen LogP contribution in [0.15, 0.2) is 18.2 Å². The summed E-state index contributed by atoms with van der Waals surface area (Å²) in [7, 11) is 0. The highest BCUT2D eigenvalue weighted by Gasteiger charge is 2.39. The van der Waals surface area contributed by atoms with Gasteiger partial charge in [0.25, 0.3) is 0 Å². The van der Waals surface area contributed by atoms with E-state index in [1.165, 1.54) is 18.4 Å². The van der Waals surface area contributed by atoms with Gasteiger partial charge in [0, 0.05) is 24.0 Å². The SMILES string of the molecule is Cc1cc(F)ccc1CN1C2CCC1CC(Cl)C2. The van der Waals surface area contributed by atoms with Crippen LogP contribution in [0.4, 0.5) is 4.39 Å². The first-order valence-corrected chi connectivity index (χ1v) is 7.22. The van der Waals surface area contributed by atoms with Gasteiger partial charge < -0.3 is 0 Å². The molecule has 2 unspecified atom stereocenters. The van der Waals surface area contributed by atoms with E-state index in [4.69, 9.17) is 11.6 Å². The van der Waals surface area contributed by atoms with Gasteiger partial charge in [-0.2, -0.15) is 0 Å². The first-order chi connectivity index (χ1) is 8.63. The monoisotopic (exact) mass is 267 g/mol. The van der Waals surface area contributed by atoms with Crippen molar-refractivity contribution >= 4 is 11.6 Å². The summed E-state index contributed by atoms with van der Waals surface area (Å²) in [6.45, 7) is 2.94. The number of nitrogens with zero attached hydrogens (tertiary/aromatic N) is 1. The molecule has 2 aliphatic rings. The number of hydrogen-bond donors (Lipinski definition) is 0. The molecule has 0 amide bonds. The fourth-order valence-corrected chi connectivity index (χ4v) is 3.91. The number of alkyl halides is 1. The van der Waals surface area contributed by atoms with Gasteiger partial charge in [0.2, 0.25) is 0 Å². The molecule has 2 atom stereocenters. The van der Waals surface area contributed by atoms with E-state index in [0.29, 0.717) is 17.5 Å². The van der Waals surface area contributed by atoms with Gasteiger partial charge in [0.15, 0.2) is 0 Å². The molecule has 0 spiro atoms. The Balaban J connectivity index is 1.77. The van der Waals surface area contributed by atoms with Crippen molar-refractivity contribution in [1.82, 2.24) is 4.90 Å². The summed E-state index contributed by atoms with van der Waals surface area (Å²) >= 11 is 6.29. The highest BCUT2D eigenvalue weighted by Crippen LogP contribution is 2.38. The van der Waals surface area contributed by atoms with Crippen molar-refractivity contribution < 1.29 is 4.39 Å². The average Bonchev–Trinajstić information content (AvgIpc) is 2.56. The van der Waals surface area contributed by atoms with Crippen LogP contribution in [0.25, 0.3) is 0 Å². The first-order valence-electron chi connectivity index (χ1n) is 6.78. The van der Waals surface area contributed by atoms with Crippen LogP contribution in [0.1, 0.15) is 36.8 Å². The van der Waals surface area contributed by atoms with Crippen molar-refractivity contribution in [3.8, 4) is 0 Å². The molecule has 18 heavy (non-hydrogen) atoms. The molecule has 2 saturated heterocycles. The van der Waals surface area contributed by atoms with Gasteiger partial charge in [-0.1, -0.05) is 6.07 Å². The Morgan fingerprint density at radius 2 is 1.94 bits per heavy atom. The number of piperidine rings is 1. The average molecular weight is 268 g/mol. The largest absolute Gasteiger partial charge is 0.293 e. The molecular formula is C15H19ClFN.